The number of hydrogen-bond acceptors (Lipinski definition) is 4. The Morgan fingerprint density at radius 1 is 1.26 bits per heavy atom. The van der Waals surface area contributed by atoms with Crippen LogP contribution in [0.5, 0.6) is 0 Å². The molecule has 0 N–H and O–H groups in total. The SMILES string of the molecule is CCOC(=O)/C([O-])=C(\C)C(=O)c1ccc(Cl)cc1.[Li+]. The van der Waals surface area contributed by atoms with E-state index in [2.05, 4.69) is 4.74 Å². The van der Waals surface area contributed by atoms with Gasteiger partial charge in [-0.05, 0) is 49.4 Å². The summed E-state index contributed by atoms with van der Waals surface area (Å²) < 4.78 is 4.55. The average Bonchev–Trinajstić information content (AvgIpc) is 2.37. The summed E-state index contributed by atoms with van der Waals surface area (Å²) in [5, 5.41) is 12.0. The second-order valence-corrected chi connectivity index (χ2v) is 3.95. The zero-order valence-electron chi connectivity index (χ0n) is 11.0. The Balaban J connectivity index is 0.00000324. The van der Waals surface area contributed by atoms with Crippen LogP contribution in [0.4, 0.5) is 0 Å². The van der Waals surface area contributed by atoms with E-state index in [0.717, 1.165) is 0 Å². The van der Waals surface area contributed by atoms with Crippen LogP contribution >= 0.6 is 11.6 Å². The Morgan fingerprint density at radius 3 is 2.26 bits per heavy atom. The Labute approximate surface area is 128 Å². The smallest absolute Gasteiger partial charge is 0.867 e. The number of hydrogen-bond donors (Lipinski definition) is 0. The maximum Gasteiger partial charge on any atom is 1.00 e. The molecular weight excluding hydrogens is 263 g/mol. The van der Waals surface area contributed by atoms with Crippen molar-refractivity contribution in [1.29, 1.82) is 0 Å². The van der Waals surface area contributed by atoms with Crippen molar-refractivity contribution in [1.82, 2.24) is 0 Å². The van der Waals surface area contributed by atoms with Crippen LogP contribution < -0.4 is 24.0 Å². The zero-order valence-corrected chi connectivity index (χ0v) is 11.8. The molecule has 0 bridgehead atoms. The van der Waals surface area contributed by atoms with E-state index >= 15 is 0 Å². The van der Waals surface area contributed by atoms with Crippen LogP contribution in [-0.2, 0) is 9.53 Å². The van der Waals surface area contributed by atoms with Crippen molar-refractivity contribution in [3.8, 4) is 0 Å². The molecule has 0 saturated carbocycles. The van der Waals surface area contributed by atoms with Crippen LogP contribution in [0.1, 0.15) is 24.2 Å². The topological polar surface area (TPSA) is 66.4 Å². The Hall–Kier alpha value is -1.21. The third kappa shape index (κ3) is 4.75. The monoisotopic (exact) mass is 274 g/mol. The molecule has 0 spiro atoms. The van der Waals surface area contributed by atoms with E-state index in [-0.39, 0.29) is 31.0 Å². The van der Waals surface area contributed by atoms with Crippen LogP contribution in [0.15, 0.2) is 35.6 Å². The van der Waals surface area contributed by atoms with Crippen LogP contribution in [0.25, 0.3) is 0 Å². The van der Waals surface area contributed by atoms with E-state index in [1.807, 2.05) is 0 Å². The Bertz CT molecular complexity index is 494. The van der Waals surface area contributed by atoms with E-state index < -0.39 is 17.5 Å². The van der Waals surface area contributed by atoms with E-state index in [0.29, 0.717) is 10.6 Å². The summed E-state index contributed by atoms with van der Waals surface area (Å²) in [5.74, 6) is -2.45. The van der Waals surface area contributed by atoms with Gasteiger partial charge in [0.15, 0.2) is 5.78 Å². The van der Waals surface area contributed by atoms with Crippen molar-refractivity contribution in [3.63, 3.8) is 0 Å². The molecule has 6 heteroatoms. The summed E-state index contributed by atoms with van der Waals surface area (Å²) in [6.07, 6.45) is 0. The number of carbonyl (C=O) groups excluding carboxylic acids is 2. The summed E-state index contributed by atoms with van der Waals surface area (Å²) in [4.78, 5) is 23.1. The molecule has 1 aromatic rings. The molecule has 1 aromatic carbocycles. The van der Waals surface area contributed by atoms with Gasteiger partial charge < -0.3 is 9.84 Å². The number of ketones is 1. The fourth-order valence-corrected chi connectivity index (χ4v) is 1.40. The summed E-state index contributed by atoms with van der Waals surface area (Å²) in [7, 11) is 0. The average molecular weight is 275 g/mol. The summed E-state index contributed by atoms with van der Waals surface area (Å²) >= 11 is 5.69. The van der Waals surface area contributed by atoms with Gasteiger partial charge in [0, 0.05) is 10.6 Å². The summed E-state index contributed by atoms with van der Waals surface area (Å²) in [6, 6.07) is 6.06. The van der Waals surface area contributed by atoms with Gasteiger partial charge in [-0.3, -0.25) is 4.79 Å². The molecule has 0 unspecified atom stereocenters. The van der Waals surface area contributed by atoms with Gasteiger partial charge >= 0.3 is 24.8 Å². The summed E-state index contributed by atoms with van der Waals surface area (Å²) in [5.41, 5.74) is 0.130. The molecule has 4 nitrogen and oxygen atoms in total. The van der Waals surface area contributed by atoms with Crippen molar-refractivity contribution in [2.45, 2.75) is 13.8 Å². The molecule has 0 heterocycles. The fourth-order valence-electron chi connectivity index (χ4n) is 1.27. The number of esters is 1. The Morgan fingerprint density at radius 2 is 1.79 bits per heavy atom. The number of benzene rings is 1. The first-order valence-electron chi connectivity index (χ1n) is 5.32. The minimum Gasteiger partial charge on any atom is -0.867 e. The number of carbonyl (C=O) groups is 2. The molecule has 1 rings (SSSR count). The van der Waals surface area contributed by atoms with E-state index in [4.69, 9.17) is 11.6 Å². The molecule has 0 fully saturated rings. The number of Topliss-reactive ketones (excluding diaryl/α,β-unsaturated/α-hetero) is 1. The van der Waals surface area contributed by atoms with Gasteiger partial charge in [-0.15, -0.1) is 0 Å². The van der Waals surface area contributed by atoms with Crippen molar-refractivity contribution < 1.29 is 38.3 Å². The predicted molar refractivity (Wildman–Crippen MR) is 65.1 cm³/mol. The molecule has 0 aliphatic carbocycles. The third-order valence-electron chi connectivity index (χ3n) is 2.25. The van der Waals surface area contributed by atoms with Gasteiger partial charge in [-0.1, -0.05) is 11.6 Å². The van der Waals surface area contributed by atoms with Gasteiger partial charge in [0.2, 0.25) is 0 Å². The van der Waals surface area contributed by atoms with Gasteiger partial charge in [-0.2, -0.15) is 0 Å². The molecule has 0 atom stereocenters. The molecule has 0 aliphatic heterocycles. The second-order valence-electron chi connectivity index (χ2n) is 3.51. The standard InChI is InChI=1S/C13H13ClO4.Li/c1-3-18-13(17)12(16)8(2)11(15)9-4-6-10(14)7-5-9;/h4-7,16H,3H2,1-2H3;/q;+1/p-1/b12-8-;. The van der Waals surface area contributed by atoms with Crippen molar-refractivity contribution in [2.24, 2.45) is 0 Å². The number of rotatable bonds is 4. The first kappa shape index (κ1) is 17.8. The van der Waals surface area contributed by atoms with Crippen molar-refractivity contribution in [2.75, 3.05) is 6.61 Å². The molecule has 0 radical (unpaired) electrons. The van der Waals surface area contributed by atoms with Gasteiger partial charge in [-0.25, -0.2) is 4.79 Å². The maximum atomic E-state index is 11.9. The Kier molecular flexibility index (Phi) is 7.54. The first-order valence-corrected chi connectivity index (χ1v) is 5.70. The molecule has 0 amide bonds. The normalized spacial score (nSPS) is 11.1. The molecule has 0 saturated heterocycles. The van der Waals surface area contributed by atoms with Gasteiger partial charge in [0.1, 0.15) is 0 Å². The van der Waals surface area contributed by atoms with Crippen LogP contribution in [0, 0.1) is 0 Å². The van der Waals surface area contributed by atoms with Crippen molar-refractivity contribution in [3.05, 3.63) is 46.2 Å². The van der Waals surface area contributed by atoms with E-state index in [1.165, 1.54) is 31.2 Å². The number of ether oxygens (including phenoxy) is 1. The zero-order chi connectivity index (χ0) is 13.7. The number of halogens is 1. The molecular formula is C13H12ClLiO4. The second kappa shape index (κ2) is 8.06. The van der Waals surface area contributed by atoms with Crippen LogP contribution in [0.2, 0.25) is 5.02 Å². The van der Waals surface area contributed by atoms with Crippen LogP contribution in [-0.4, -0.2) is 18.4 Å². The largest absolute Gasteiger partial charge is 1.00 e. The number of allylic oxidation sites excluding steroid dienone is 1. The van der Waals surface area contributed by atoms with Crippen molar-refractivity contribution >= 4 is 23.4 Å². The maximum absolute atomic E-state index is 11.9. The fraction of sp³-hybridized carbons (Fsp3) is 0.231. The van der Waals surface area contributed by atoms with Crippen LogP contribution in [0.3, 0.4) is 0 Å². The quantitative estimate of drug-likeness (QED) is 0.226. The van der Waals surface area contributed by atoms with E-state index in [9.17, 15) is 14.7 Å². The first-order chi connectivity index (χ1) is 8.47. The molecule has 0 aromatic heterocycles. The summed E-state index contributed by atoms with van der Waals surface area (Å²) in [6.45, 7) is 2.98. The van der Waals surface area contributed by atoms with Gasteiger partial charge in [0.05, 0.1) is 6.61 Å². The van der Waals surface area contributed by atoms with E-state index in [1.54, 1.807) is 6.92 Å². The minimum absolute atomic E-state index is 0. The molecule has 19 heavy (non-hydrogen) atoms. The third-order valence-corrected chi connectivity index (χ3v) is 2.50. The predicted octanol–water partition coefficient (Wildman–Crippen LogP) is -1.28. The van der Waals surface area contributed by atoms with Gasteiger partial charge in [0.25, 0.3) is 0 Å². The molecule has 96 valence electrons. The minimum atomic E-state index is -1.02. The molecule has 0 aliphatic rings.